The van der Waals surface area contributed by atoms with Crippen LogP contribution in [0.1, 0.15) is 35.5 Å². The Morgan fingerprint density at radius 3 is 2.45 bits per heavy atom. The summed E-state index contributed by atoms with van der Waals surface area (Å²) in [6.45, 7) is 5.32. The third-order valence-corrected chi connectivity index (χ3v) is 4.61. The maximum atomic E-state index is 13.0. The molecule has 1 amide bonds. The average molecular weight is 392 g/mol. The van der Waals surface area contributed by atoms with Crippen molar-refractivity contribution in [3.63, 3.8) is 0 Å². The Kier molecular flexibility index (Phi) is 6.89. The molecule has 6 heteroatoms. The van der Waals surface area contributed by atoms with Gasteiger partial charge in [0.15, 0.2) is 0 Å². The van der Waals surface area contributed by atoms with Gasteiger partial charge in [-0.2, -0.15) is 0 Å². The van der Waals surface area contributed by atoms with Gasteiger partial charge in [-0.05, 0) is 43.5 Å². The van der Waals surface area contributed by atoms with Gasteiger partial charge >= 0.3 is 0 Å². The van der Waals surface area contributed by atoms with E-state index in [-0.39, 0.29) is 17.8 Å². The number of rotatable bonds is 8. The van der Waals surface area contributed by atoms with Crippen molar-refractivity contribution in [1.29, 1.82) is 0 Å². The van der Waals surface area contributed by atoms with Gasteiger partial charge in [-0.15, -0.1) is 0 Å². The minimum Gasteiger partial charge on any atom is -0.350 e. The molecule has 0 bridgehead atoms. The molecular formula is C23H25FN4O. The normalized spacial score (nSPS) is 10.8. The van der Waals surface area contributed by atoms with E-state index in [4.69, 9.17) is 0 Å². The standard InChI is InChI=1S/C23H25FN4O/c1-17(2)28(15-19-6-4-3-5-7-19)22-14-21(26-16-27-22)23(29)25-13-12-18-8-10-20(24)11-9-18/h3-11,14,16-17H,12-13,15H2,1-2H3,(H,25,29). The summed E-state index contributed by atoms with van der Waals surface area (Å²) in [5, 5.41) is 2.87. The molecule has 150 valence electrons. The van der Waals surface area contributed by atoms with E-state index in [1.165, 1.54) is 24.0 Å². The maximum absolute atomic E-state index is 13.0. The second kappa shape index (κ2) is 9.78. The maximum Gasteiger partial charge on any atom is 0.270 e. The highest BCUT2D eigenvalue weighted by Gasteiger charge is 2.16. The first-order chi connectivity index (χ1) is 14.0. The van der Waals surface area contributed by atoms with Crippen molar-refractivity contribution in [2.75, 3.05) is 11.4 Å². The molecular weight excluding hydrogens is 367 g/mol. The Balaban J connectivity index is 1.65. The van der Waals surface area contributed by atoms with Gasteiger partial charge in [0.2, 0.25) is 0 Å². The molecule has 3 aromatic rings. The van der Waals surface area contributed by atoms with Crippen molar-refractivity contribution in [3.05, 3.63) is 89.6 Å². The summed E-state index contributed by atoms with van der Waals surface area (Å²) < 4.78 is 13.0. The zero-order chi connectivity index (χ0) is 20.6. The van der Waals surface area contributed by atoms with Crippen LogP contribution in [-0.4, -0.2) is 28.5 Å². The van der Waals surface area contributed by atoms with Crippen molar-refractivity contribution in [2.24, 2.45) is 0 Å². The van der Waals surface area contributed by atoms with Crippen LogP contribution in [0.3, 0.4) is 0 Å². The lowest BCUT2D eigenvalue weighted by molar-refractivity contribution is 0.0949. The van der Waals surface area contributed by atoms with Crippen LogP contribution in [0.5, 0.6) is 0 Å². The van der Waals surface area contributed by atoms with Gasteiger partial charge in [0, 0.05) is 25.2 Å². The summed E-state index contributed by atoms with van der Waals surface area (Å²) in [5.41, 5.74) is 2.46. The zero-order valence-electron chi connectivity index (χ0n) is 16.7. The van der Waals surface area contributed by atoms with E-state index in [1.807, 2.05) is 18.2 Å². The lowest BCUT2D eigenvalue weighted by Gasteiger charge is -2.28. The number of nitrogens with one attached hydrogen (secondary N) is 1. The number of carbonyl (C=O) groups is 1. The number of aromatic nitrogens is 2. The SMILES string of the molecule is CC(C)N(Cc1ccccc1)c1cc(C(=O)NCCc2ccc(F)cc2)ncn1. The van der Waals surface area contributed by atoms with Gasteiger partial charge in [0.05, 0.1) is 0 Å². The number of amides is 1. The van der Waals surface area contributed by atoms with E-state index in [2.05, 4.69) is 46.2 Å². The summed E-state index contributed by atoms with van der Waals surface area (Å²) in [6, 6.07) is 18.3. The molecule has 3 rings (SSSR count). The van der Waals surface area contributed by atoms with Crippen molar-refractivity contribution < 1.29 is 9.18 Å². The van der Waals surface area contributed by atoms with E-state index in [0.717, 1.165) is 5.56 Å². The molecule has 0 aliphatic rings. The molecule has 1 N–H and O–H groups in total. The van der Waals surface area contributed by atoms with E-state index >= 15 is 0 Å². The molecule has 0 aliphatic carbocycles. The Labute approximate surface area is 170 Å². The summed E-state index contributed by atoms with van der Waals surface area (Å²) >= 11 is 0. The zero-order valence-corrected chi connectivity index (χ0v) is 16.7. The van der Waals surface area contributed by atoms with Crippen LogP contribution in [0.15, 0.2) is 67.0 Å². The summed E-state index contributed by atoms with van der Waals surface area (Å²) in [7, 11) is 0. The van der Waals surface area contributed by atoms with Crippen LogP contribution >= 0.6 is 0 Å². The molecule has 0 unspecified atom stereocenters. The largest absolute Gasteiger partial charge is 0.350 e. The number of benzene rings is 2. The van der Waals surface area contributed by atoms with Gasteiger partial charge in [0.25, 0.3) is 5.91 Å². The van der Waals surface area contributed by atoms with E-state index in [9.17, 15) is 9.18 Å². The molecule has 0 saturated carbocycles. The molecule has 0 aliphatic heterocycles. The monoisotopic (exact) mass is 392 g/mol. The quantitative estimate of drug-likeness (QED) is 0.629. The van der Waals surface area contributed by atoms with Gasteiger partial charge < -0.3 is 10.2 Å². The average Bonchev–Trinajstić information content (AvgIpc) is 2.74. The molecule has 0 fully saturated rings. The molecule has 0 spiro atoms. The predicted octanol–water partition coefficient (Wildman–Crippen LogP) is 4.00. The number of hydrogen-bond acceptors (Lipinski definition) is 4. The van der Waals surface area contributed by atoms with Crippen LogP contribution in [-0.2, 0) is 13.0 Å². The summed E-state index contributed by atoms with van der Waals surface area (Å²) in [5.74, 6) is 0.193. The molecule has 29 heavy (non-hydrogen) atoms. The topological polar surface area (TPSA) is 58.1 Å². The highest BCUT2D eigenvalue weighted by atomic mass is 19.1. The highest BCUT2D eigenvalue weighted by Crippen LogP contribution is 2.18. The molecule has 0 radical (unpaired) electrons. The lowest BCUT2D eigenvalue weighted by atomic mass is 10.1. The van der Waals surface area contributed by atoms with Crippen molar-refractivity contribution in [3.8, 4) is 0 Å². The van der Waals surface area contributed by atoms with Gasteiger partial charge in [-0.3, -0.25) is 4.79 Å². The molecule has 0 saturated heterocycles. The molecule has 5 nitrogen and oxygen atoms in total. The van der Waals surface area contributed by atoms with Crippen LogP contribution in [0.2, 0.25) is 0 Å². The van der Waals surface area contributed by atoms with E-state index in [0.29, 0.717) is 31.0 Å². The van der Waals surface area contributed by atoms with Crippen LogP contribution in [0, 0.1) is 5.82 Å². The number of nitrogens with zero attached hydrogens (tertiary/aromatic N) is 3. The molecule has 1 heterocycles. The number of halogens is 1. The first-order valence-corrected chi connectivity index (χ1v) is 9.68. The van der Waals surface area contributed by atoms with Gasteiger partial charge in [0.1, 0.15) is 23.7 Å². The number of anilines is 1. The highest BCUT2D eigenvalue weighted by molar-refractivity contribution is 5.92. The predicted molar refractivity (Wildman–Crippen MR) is 112 cm³/mol. The van der Waals surface area contributed by atoms with Gasteiger partial charge in [-0.1, -0.05) is 42.5 Å². The first kappa shape index (κ1) is 20.5. The van der Waals surface area contributed by atoms with E-state index < -0.39 is 0 Å². The number of carbonyl (C=O) groups excluding carboxylic acids is 1. The second-order valence-electron chi connectivity index (χ2n) is 7.10. The van der Waals surface area contributed by atoms with Crippen LogP contribution in [0.25, 0.3) is 0 Å². The Hall–Kier alpha value is -3.28. The molecule has 0 atom stereocenters. The van der Waals surface area contributed by atoms with Crippen molar-refractivity contribution in [1.82, 2.24) is 15.3 Å². The van der Waals surface area contributed by atoms with Crippen molar-refractivity contribution in [2.45, 2.75) is 32.9 Å². The third-order valence-electron chi connectivity index (χ3n) is 4.61. The fraction of sp³-hybridized carbons (Fsp3) is 0.261. The van der Waals surface area contributed by atoms with Crippen molar-refractivity contribution >= 4 is 11.7 Å². The fourth-order valence-electron chi connectivity index (χ4n) is 3.00. The van der Waals surface area contributed by atoms with Crippen LogP contribution in [0.4, 0.5) is 10.2 Å². The fourth-order valence-corrected chi connectivity index (χ4v) is 3.00. The smallest absolute Gasteiger partial charge is 0.270 e. The first-order valence-electron chi connectivity index (χ1n) is 9.68. The minimum absolute atomic E-state index is 0.208. The molecule has 2 aromatic carbocycles. The Morgan fingerprint density at radius 2 is 1.76 bits per heavy atom. The van der Waals surface area contributed by atoms with Gasteiger partial charge in [-0.25, -0.2) is 14.4 Å². The molecule has 1 aromatic heterocycles. The third kappa shape index (κ3) is 5.85. The summed E-state index contributed by atoms with van der Waals surface area (Å²) in [4.78, 5) is 23.1. The minimum atomic E-state index is -0.267. The summed E-state index contributed by atoms with van der Waals surface area (Å²) in [6.07, 6.45) is 2.04. The lowest BCUT2D eigenvalue weighted by Crippen LogP contribution is -2.32. The Bertz CT molecular complexity index is 929. The second-order valence-corrected chi connectivity index (χ2v) is 7.10. The van der Waals surface area contributed by atoms with E-state index in [1.54, 1.807) is 18.2 Å². The van der Waals surface area contributed by atoms with Crippen LogP contribution < -0.4 is 10.2 Å². The number of hydrogen-bond donors (Lipinski definition) is 1. The Morgan fingerprint density at radius 1 is 1.03 bits per heavy atom.